The Kier molecular flexibility index (Phi) is 4.92. The molecular weight excluding hydrogens is 456 g/mol. The topological polar surface area (TPSA) is 85.4 Å². The van der Waals surface area contributed by atoms with Crippen molar-refractivity contribution in [1.82, 2.24) is 34.5 Å². The van der Waals surface area contributed by atoms with Crippen molar-refractivity contribution in [1.29, 1.82) is 0 Å². The third-order valence-corrected chi connectivity index (χ3v) is 5.74. The van der Waals surface area contributed by atoms with E-state index in [1.807, 2.05) is 0 Å². The number of benzene rings is 1. The Bertz CT molecular complexity index is 1400. The Labute approximate surface area is 194 Å². The van der Waals surface area contributed by atoms with Crippen LogP contribution in [0, 0.1) is 0 Å². The van der Waals surface area contributed by atoms with Crippen LogP contribution in [0.5, 0.6) is 5.88 Å². The van der Waals surface area contributed by atoms with Crippen molar-refractivity contribution in [2.45, 2.75) is 31.4 Å². The number of halogens is 4. The van der Waals surface area contributed by atoms with Gasteiger partial charge in [0, 0.05) is 21.0 Å². The second-order valence-corrected chi connectivity index (χ2v) is 8.05. The van der Waals surface area contributed by atoms with Gasteiger partial charge in [-0.05, 0) is 37.2 Å². The molecule has 1 fully saturated rings. The van der Waals surface area contributed by atoms with Crippen LogP contribution < -0.4 is 10.1 Å². The number of nitrogens with zero attached hydrogens (tertiary/aromatic N) is 7. The molecule has 3 aromatic heterocycles. The van der Waals surface area contributed by atoms with Crippen molar-refractivity contribution in [3.63, 3.8) is 0 Å². The molecule has 0 radical (unpaired) electrons. The van der Waals surface area contributed by atoms with Crippen molar-refractivity contribution >= 4 is 22.5 Å². The van der Waals surface area contributed by atoms with Gasteiger partial charge in [-0.25, -0.2) is 26.8 Å². The molecule has 4 aromatic rings. The van der Waals surface area contributed by atoms with Crippen molar-refractivity contribution in [3.05, 3.63) is 30.5 Å². The summed E-state index contributed by atoms with van der Waals surface area (Å²) in [5, 5.41) is 14.7. The van der Waals surface area contributed by atoms with Gasteiger partial charge in [-0.15, -0.1) is 10.2 Å². The van der Waals surface area contributed by atoms with Gasteiger partial charge in [0.2, 0.25) is 11.8 Å². The fourth-order valence-corrected chi connectivity index (χ4v) is 4.13. The normalized spacial score (nSPS) is 19.7. The fourth-order valence-electron chi connectivity index (χ4n) is 4.13. The summed E-state index contributed by atoms with van der Waals surface area (Å²) in [5.41, 5.74) is 2.65. The number of aromatic nitrogens is 6. The second kappa shape index (κ2) is 8.38. The Morgan fingerprint density at radius 1 is 1.32 bits per heavy atom. The van der Waals surface area contributed by atoms with Crippen molar-refractivity contribution in [2.75, 3.05) is 32.5 Å². The zero-order valence-corrected chi connectivity index (χ0v) is 18.0. The highest BCUT2D eigenvalue weighted by Gasteiger charge is 2.44. The van der Waals surface area contributed by atoms with Crippen LogP contribution in [0.25, 0.3) is 27.7 Å². The maximum atomic E-state index is 14.7. The second-order valence-electron chi connectivity index (χ2n) is 8.05. The van der Waals surface area contributed by atoms with E-state index >= 15 is 0 Å². The van der Waals surface area contributed by atoms with Crippen LogP contribution in [0.3, 0.4) is 0 Å². The molecule has 1 aliphatic rings. The maximum absolute atomic E-state index is 14.7. The number of likely N-dealkylation sites (tertiary alicyclic amines) is 1. The smallest absolute Gasteiger partial charge is 0.280 e. The Morgan fingerprint density at radius 2 is 2.18 bits per heavy atom. The van der Waals surface area contributed by atoms with E-state index in [9.17, 15) is 17.6 Å². The average molecular weight is 480 g/mol. The Balaban J connectivity index is 1.48. The predicted molar refractivity (Wildman–Crippen MR) is 117 cm³/mol. The molecule has 1 saturated heterocycles. The van der Waals surface area contributed by atoms with Crippen molar-refractivity contribution < 1.29 is 25.0 Å². The summed E-state index contributed by atoms with van der Waals surface area (Å²) < 4.78 is 78.0. The van der Waals surface area contributed by atoms with Crippen LogP contribution in [-0.4, -0.2) is 80.1 Å². The van der Waals surface area contributed by atoms with Gasteiger partial charge in [-0.1, -0.05) is 11.3 Å². The molecule has 1 aromatic carbocycles. The molecule has 1 atom stereocenters. The van der Waals surface area contributed by atoms with Crippen LogP contribution in [0.4, 0.5) is 23.5 Å². The number of anilines is 1. The summed E-state index contributed by atoms with van der Waals surface area (Å²) >= 11 is 0. The molecule has 0 amide bonds. The van der Waals surface area contributed by atoms with Gasteiger partial charge in [0.1, 0.15) is 17.6 Å². The molecule has 0 spiro atoms. The van der Waals surface area contributed by atoms with Gasteiger partial charge in [-0.2, -0.15) is 4.98 Å². The minimum absolute atomic E-state index is 0.00223. The third kappa shape index (κ3) is 4.00. The summed E-state index contributed by atoms with van der Waals surface area (Å²) in [7, 11) is 1.39. The van der Waals surface area contributed by atoms with E-state index in [0.29, 0.717) is 27.7 Å². The van der Waals surface area contributed by atoms with Crippen molar-refractivity contribution in [3.8, 4) is 17.0 Å². The first-order valence-electron chi connectivity index (χ1n) is 11.6. The van der Waals surface area contributed by atoms with E-state index in [0.717, 1.165) is 9.58 Å². The van der Waals surface area contributed by atoms with E-state index in [-0.39, 0.29) is 24.8 Å². The lowest BCUT2D eigenvalue weighted by molar-refractivity contribution is -0.0675. The molecule has 0 aliphatic carbocycles. The quantitative estimate of drug-likeness (QED) is 0.425. The molecule has 5 rings (SSSR count). The fraction of sp³-hybridized carbons (Fsp3) is 0.429. The van der Waals surface area contributed by atoms with E-state index in [4.69, 9.17) is 7.48 Å². The molecule has 1 unspecified atom stereocenters. The third-order valence-electron chi connectivity index (χ3n) is 5.74. The lowest BCUT2D eigenvalue weighted by atomic mass is 10.0. The minimum Gasteiger partial charge on any atom is -0.479 e. The average Bonchev–Trinajstić information content (AvgIpc) is 3.43. The lowest BCUT2D eigenvalue weighted by Crippen LogP contribution is -2.53. The molecule has 4 heterocycles. The number of piperidine rings is 1. The van der Waals surface area contributed by atoms with Gasteiger partial charge >= 0.3 is 0 Å². The van der Waals surface area contributed by atoms with Gasteiger partial charge < -0.3 is 15.0 Å². The number of nitrogens with one attached hydrogen (secondary N) is 1. The van der Waals surface area contributed by atoms with Crippen LogP contribution in [0.1, 0.15) is 9.16 Å². The molecule has 9 nitrogen and oxygen atoms in total. The highest BCUT2D eigenvalue weighted by molar-refractivity contribution is 5.89. The zero-order valence-electron chi connectivity index (χ0n) is 20.0. The first-order valence-corrected chi connectivity index (χ1v) is 10.4. The number of ether oxygens (including phenoxy) is 1. The number of alkyl halides is 4. The highest BCUT2D eigenvalue weighted by Crippen LogP contribution is 2.34. The molecule has 180 valence electrons. The summed E-state index contributed by atoms with van der Waals surface area (Å²) in [5.74, 6) is -3.14. The first kappa shape index (κ1) is 19.9. The lowest BCUT2D eigenvalue weighted by Gasteiger charge is -2.36. The first-order chi connectivity index (χ1) is 17.2. The molecule has 0 saturated carbocycles. The van der Waals surface area contributed by atoms with E-state index < -0.39 is 38.5 Å². The molecular formula is C21H22F4N8O. The van der Waals surface area contributed by atoms with E-state index in [2.05, 4.69) is 25.7 Å². The van der Waals surface area contributed by atoms with Crippen LogP contribution in [0.2, 0.25) is 0 Å². The molecule has 34 heavy (non-hydrogen) atoms. The van der Waals surface area contributed by atoms with Crippen LogP contribution in [-0.2, 0) is 6.54 Å². The molecule has 13 heteroatoms. The summed E-state index contributed by atoms with van der Waals surface area (Å²) in [6, 6.07) is 5.55. The summed E-state index contributed by atoms with van der Waals surface area (Å²) in [6.45, 7) is -2.61. The van der Waals surface area contributed by atoms with E-state index in [1.54, 1.807) is 30.5 Å². The Hall–Kier alpha value is -3.48. The number of hydrogen-bond acceptors (Lipinski definition) is 7. The van der Waals surface area contributed by atoms with Gasteiger partial charge in [-0.3, -0.25) is 0 Å². The SMILES string of the molecule is [2H]C([2H])N1CCC(Nc2nc(OC)c3c(-c4ccc5nnn(CC(F)F)c5c4)ccn3n2)C(F)(F)C1. The molecule has 1 N–H and O–H groups in total. The van der Waals surface area contributed by atoms with Gasteiger partial charge in [0.25, 0.3) is 12.3 Å². The molecule has 1 aliphatic heterocycles. The number of methoxy groups -OCH3 is 1. The van der Waals surface area contributed by atoms with Gasteiger partial charge in [0.05, 0.1) is 25.2 Å². The van der Waals surface area contributed by atoms with E-state index in [1.165, 1.54) is 11.6 Å². The monoisotopic (exact) mass is 480 g/mol. The molecule has 0 bridgehead atoms. The largest absolute Gasteiger partial charge is 0.479 e. The Morgan fingerprint density at radius 3 is 2.91 bits per heavy atom. The van der Waals surface area contributed by atoms with Crippen LogP contribution in [0.15, 0.2) is 30.5 Å². The summed E-state index contributed by atoms with van der Waals surface area (Å²) in [4.78, 5) is 5.37. The highest BCUT2D eigenvalue weighted by atomic mass is 19.3. The maximum Gasteiger partial charge on any atom is 0.280 e. The number of fused-ring (bicyclic) bond motifs is 2. The standard InChI is InChI=1S/C21H22F4N8O/c1-31-7-6-16(21(24,25)11-31)26-20-27-19(34-2)18-13(5-8-32(18)29-20)12-3-4-14-15(9-12)33(30-28-14)10-17(22)23/h3-5,8-9,16-17H,6-7,10-11H2,1-2H3,(H,26,29)/i1D2. The predicted octanol–water partition coefficient (Wildman–Crippen LogP) is 3.17. The van der Waals surface area contributed by atoms with Crippen LogP contribution >= 0.6 is 0 Å². The number of hydrogen-bond donors (Lipinski definition) is 1. The van der Waals surface area contributed by atoms with Crippen molar-refractivity contribution in [2.24, 2.45) is 0 Å². The summed E-state index contributed by atoms with van der Waals surface area (Å²) in [6.07, 6.45) is -0.972. The minimum atomic E-state index is -3.20. The van der Waals surface area contributed by atoms with Gasteiger partial charge in [0.15, 0.2) is 0 Å². The zero-order chi connectivity index (χ0) is 25.6. The number of rotatable bonds is 6.